The zero-order valence-electron chi connectivity index (χ0n) is 17.0. The summed E-state index contributed by atoms with van der Waals surface area (Å²) >= 11 is 0. The quantitative estimate of drug-likeness (QED) is 0.445. The molecule has 1 heterocycles. The van der Waals surface area contributed by atoms with Gasteiger partial charge in [0.05, 0.1) is 23.5 Å². The van der Waals surface area contributed by atoms with E-state index < -0.39 is 28.9 Å². The number of amides is 1. The van der Waals surface area contributed by atoms with Crippen LogP contribution in [-0.4, -0.2) is 57.2 Å². The highest BCUT2D eigenvalue weighted by atomic mass is 28.1. The fraction of sp³-hybridized carbons (Fsp3) is 0.600. The number of hydrogen-bond donors (Lipinski definition) is 1. The van der Waals surface area contributed by atoms with Crippen LogP contribution in [0.1, 0.15) is 46.1 Å². The van der Waals surface area contributed by atoms with E-state index in [1.54, 1.807) is 27.7 Å². The monoisotopic (exact) mass is 405 g/mol. The highest BCUT2D eigenvalue weighted by Crippen LogP contribution is 2.26. The standard InChI is InChI=1S/C20H29N2O5Si/c1-5-25-17(23)16-11-12-20(28,14-22(16)18(24)27-19(2,3)4)21-26-13-15-9-7-6-8-10-15/h6-10,16,21H,5,11-14H2,1-4H3/t16-,20+/m1/s1. The molecule has 1 fully saturated rings. The number of likely N-dealkylation sites (tertiary alicyclic amines) is 1. The fourth-order valence-electron chi connectivity index (χ4n) is 2.93. The van der Waals surface area contributed by atoms with Crippen molar-refractivity contribution in [3.8, 4) is 0 Å². The van der Waals surface area contributed by atoms with E-state index in [4.69, 9.17) is 14.3 Å². The van der Waals surface area contributed by atoms with E-state index in [2.05, 4.69) is 15.7 Å². The Labute approximate surface area is 170 Å². The molecule has 0 unspecified atom stereocenters. The van der Waals surface area contributed by atoms with E-state index in [9.17, 15) is 9.59 Å². The molecule has 2 rings (SSSR count). The first kappa shape index (κ1) is 22.4. The molecule has 0 aromatic heterocycles. The van der Waals surface area contributed by atoms with Crippen molar-refractivity contribution in [2.45, 2.75) is 63.9 Å². The molecule has 1 N–H and O–H groups in total. The molecular formula is C20H29N2O5Si. The van der Waals surface area contributed by atoms with Gasteiger partial charge in [0, 0.05) is 11.7 Å². The molecule has 8 heteroatoms. The number of nitrogens with one attached hydrogen (secondary N) is 1. The molecule has 28 heavy (non-hydrogen) atoms. The number of carbonyl (C=O) groups excluding carboxylic acids is 2. The Balaban J connectivity index is 2.05. The summed E-state index contributed by atoms with van der Waals surface area (Å²) in [6, 6.07) is 9.07. The van der Waals surface area contributed by atoms with Crippen LogP contribution >= 0.6 is 0 Å². The minimum atomic E-state index is -0.700. The normalized spacial score (nSPS) is 22.6. The maximum atomic E-state index is 12.7. The lowest BCUT2D eigenvalue weighted by Gasteiger charge is -2.44. The molecule has 153 valence electrons. The second-order valence-corrected chi connectivity index (χ2v) is 8.83. The van der Waals surface area contributed by atoms with E-state index in [1.165, 1.54) is 4.90 Å². The maximum absolute atomic E-state index is 12.7. The van der Waals surface area contributed by atoms with Gasteiger partial charge in [0.1, 0.15) is 11.6 Å². The molecule has 1 aromatic carbocycles. The summed E-state index contributed by atoms with van der Waals surface area (Å²) in [5, 5.41) is -0.700. The predicted molar refractivity (Wildman–Crippen MR) is 105 cm³/mol. The van der Waals surface area contributed by atoms with Crippen molar-refractivity contribution in [2.75, 3.05) is 13.2 Å². The van der Waals surface area contributed by atoms with Gasteiger partial charge in [0.15, 0.2) is 0 Å². The maximum Gasteiger partial charge on any atom is 0.411 e. The Bertz CT molecular complexity index is 664. The van der Waals surface area contributed by atoms with Crippen molar-refractivity contribution in [2.24, 2.45) is 0 Å². The molecule has 1 aliphatic rings. The van der Waals surface area contributed by atoms with Gasteiger partial charge in [-0.1, -0.05) is 30.3 Å². The largest absolute Gasteiger partial charge is 0.464 e. The minimum absolute atomic E-state index is 0.192. The smallest absolute Gasteiger partial charge is 0.411 e. The van der Waals surface area contributed by atoms with Gasteiger partial charge >= 0.3 is 12.1 Å². The number of hydrogen-bond acceptors (Lipinski definition) is 6. The SMILES string of the molecule is CCOC(=O)[C@H]1CC[C@@]([Si])(NOCc2ccccc2)CN1C(=O)OC(C)(C)C. The Hall–Kier alpha value is -1.90. The van der Waals surface area contributed by atoms with E-state index >= 15 is 0 Å². The number of piperidine rings is 1. The van der Waals surface area contributed by atoms with Crippen LogP contribution in [-0.2, 0) is 25.7 Å². The minimum Gasteiger partial charge on any atom is -0.464 e. The number of esters is 1. The lowest BCUT2D eigenvalue weighted by Crippen LogP contribution is -2.63. The second-order valence-electron chi connectivity index (χ2n) is 7.87. The number of nitrogens with zero attached hydrogens (tertiary/aromatic N) is 1. The van der Waals surface area contributed by atoms with E-state index in [-0.39, 0.29) is 13.2 Å². The molecule has 1 aliphatic heterocycles. The summed E-state index contributed by atoms with van der Waals surface area (Å²) < 4.78 is 10.6. The Morgan fingerprint density at radius 1 is 1.29 bits per heavy atom. The van der Waals surface area contributed by atoms with E-state index in [0.717, 1.165) is 5.56 Å². The molecule has 3 radical (unpaired) electrons. The van der Waals surface area contributed by atoms with Crippen LogP contribution in [0.25, 0.3) is 0 Å². The lowest BCUT2D eigenvalue weighted by atomic mass is 9.98. The highest BCUT2D eigenvalue weighted by Gasteiger charge is 2.44. The zero-order chi connectivity index (χ0) is 20.8. The van der Waals surface area contributed by atoms with Crippen LogP contribution < -0.4 is 5.48 Å². The van der Waals surface area contributed by atoms with Crippen molar-refractivity contribution < 1.29 is 23.9 Å². The van der Waals surface area contributed by atoms with Gasteiger partial charge in [0.25, 0.3) is 0 Å². The zero-order valence-corrected chi connectivity index (χ0v) is 18.0. The molecule has 0 spiro atoms. The van der Waals surface area contributed by atoms with Gasteiger partial charge in [-0.25, -0.2) is 9.59 Å². The number of benzene rings is 1. The highest BCUT2D eigenvalue weighted by molar-refractivity contribution is 6.15. The average molecular weight is 406 g/mol. The van der Waals surface area contributed by atoms with Crippen molar-refractivity contribution in [3.05, 3.63) is 35.9 Å². The third-order valence-electron chi connectivity index (χ3n) is 4.20. The number of rotatable bonds is 6. The number of ether oxygens (including phenoxy) is 2. The number of hydroxylamine groups is 1. The average Bonchev–Trinajstić information content (AvgIpc) is 2.61. The molecule has 1 aromatic rings. The van der Waals surface area contributed by atoms with Gasteiger partial charge in [0.2, 0.25) is 0 Å². The molecule has 2 atom stereocenters. The van der Waals surface area contributed by atoms with Crippen molar-refractivity contribution >= 4 is 22.3 Å². The first-order valence-corrected chi connectivity index (χ1v) is 9.98. The third-order valence-corrected chi connectivity index (χ3v) is 4.71. The summed E-state index contributed by atoms with van der Waals surface area (Å²) in [4.78, 5) is 32.1. The lowest BCUT2D eigenvalue weighted by molar-refractivity contribution is -0.152. The number of carbonyl (C=O) groups is 2. The molecule has 0 saturated carbocycles. The molecular weight excluding hydrogens is 376 g/mol. The van der Waals surface area contributed by atoms with Gasteiger partial charge in [-0.05, 0) is 46.1 Å². The second kappa shape index (κ2) is 9.53. The van der Waals surface area contributed by atoms with Crippen LogP contribution in [0.2, 0.25) is 0 Å². The van der Waals surface area contributed by atoms with Crippen LogP contribution in [0.4, 0.5) is 4.79 Å². The topological polar surface area (TPSA) is 77.1 Å². The summed E-state index contributed by atoms with van der Waals surface area (Å²) in [5.41, 5.74) is 3.35. The van der Waals surface area contributed by atoms with Crippen LogP contribution in [0.5, 0.6) is 0 Å². The van der Waals surface area contributed by atoms with Crippen LogP contribution in [0, 0.1) is 0 Å². The Morgan fingerprint density at radius 3 is 2.57 bits per heavy atom. The molecule has 1 saturated heterocycles. The van der Waals surface area contributed by atoms with Gasteiger partial charge in [-0.2, -0.15) is 5.48 Å². The van der Waals surface area contributed by atoms with Gasteiger partial charge in [-0.15, -0.1) is 0 Å². The molecule has 7 nitrogen and oxygen atoms in total. The molecule has 1 amide bonds. The van der Waals surface area contributed by atoms with Gasteiger partial charge in [-0.3, -0.25) is 9.74 Å². The third kappa shape index (κ3) is 6.61. The van der Waals surface area contributed by atoms with Gasteiger partial charge < -0.3 is 9.47 Å². The predicted octanol–water partition coefficient (Wildman–Crippen LogP) is 2.54. The summed E-state index contributed by atoms with van der Waals surface area (Å²) in [5.74, 6) is -0.424. The van der Waals surface area contributed by atoms with Crippen LogP contribution in [0.15, 0.2) is 30.3 Å². The Morgan fingerprint density at radius 2 is 1.96 bits per heavy atom. The fourth-order valence-corrected chi connectivity index (χ4v) is 3.32. The first-order chi connectivity index (χ1) is 13.1. The van der Waals surface area contributed by atoms with Crippen molar-refractivity contribution in [1.82, 2.24) is 10.4 Å². The summed E-state index contributed by atoms with van der Waals surface area (Å²) in [6.07, 6.45) is 0.433. The van der Waals surface area contributed by atoms with Crippen LogP contribution in [0.3, 0.4) is 0 Å². The Kier molecular flexibility index (Phi) is 7.62. The van der Waals surface area contributed by atoms with E-state index in [1.807, 2.05) is 30.3 Å². The first-order valence-electron chi connectivity index (χ1n) is 9.48. The summed E-state index contributed by atoms with van der Waals surface area (Å²) in [6.45, 7) is 7.93. The summed E-state index contributed by atoms with van der Waals surface area (Å²) in [7, 11) is 3.70. The molecule has 0 bridgehead atoms. The van der Waals surface area contributed by atoms with E-state index in [0.29, 0.717) is 19.4 Å². The molecule has 0 aliphatic carbocycles. The van der Waals surface area contributed by atoms with Crippen molar-refractivity contribution in [1.29, 1.82) is 0 Å². The van der Waals surface area contributed by atoms with Crippen molar-refractivity contribution in [3.63, 3.8) is 0 Å².